The molecule has 72 valence electrons. The largest absolute Gasteiger partial charge is 0.477 e. The van der Waals surface area contributed by atoms with Gasteiger partial charge in [0.1, 0.15) is 5.75 Å². The van der Waals surface area contributed by atoms with Crippen LogP contribution in [0.15, 0.2) is 40.9 Å². The average Bonchev–Trinajstić information content (AvgIpc) is 2.23. The molecule has 2 aromatic carbocycles. The van der Waals surface area contributed by atoms with Gasteiger partial charge in [-0.25, -0.2) is 0 Å². The summed E-state index contributed by atoms with van der Waals surface area (Å²) in [5.41, 5.74) is 0. The molecule has 14 heavy (non-hydrogen) atoms. The first-order chi connectivity index (χ1) is 6.83. The monoisotopic (exact) mass is 270 g/mol. The Hall–Kier alpha value is -0.730. The molecule has 0 radical (unpaired) electrons. The average molecular weight is 272 g/mol. The third-order valence-electron chi connectivity index (χ3n) is 2.04. The minimum atomic E-state index is 0.164. The molecule has 0 aromatic heterocycles. The highest BCUT2D eigenvalue weighted by Crippen LogP contribution is 2.32. The van der Waals surface area contributed by atoms with E-state index in [-0.39, 0.29) is 6.07 Å². The number of benzene rings is 2. The van der Waals surface area contributed by atoms with Gasteiger partial charge < -0.3 is 4.74 Å². The zero-order valence-corrected chi connectivity index (χ0v) is 9.68. The Balaban J connectivity index is 2.63. The molecule has 0 aliphatic rings. The van der Waals surface area contributed by atoms with Gasteiger partial charge >= 0.3 is 0 Å². The van der Waals surface area contributed by atoms with Crippen LogP contribution >= 0.6 is 27.5 Å². The molecule has 1 nitrogen and oxygen atoms in total. The summed E-state index contributed by atoms with van der Waals surface area (Å²) < 4.78 is 6.22. The first-order valence-electron chi connectivity index (χ1n) is 4.19. The molecule has 0 N–H and O–H groups in total. The molecule has 0 atom stereocenters. The number of halogens is 2. The van der Waals surface area contributed by atoms with Crippen molar-refractivity contribution in [3.05, 3.63) is 40.9 Å². The molecule has 2 aromatic rings. The van der Waals surface area contributed by atoms with Crippen molar-refractivity contribution in [1.82, 2.24) is 0 Å². The van der Waals surface area contributed by atoms with Gasteiger partial charge in [-0.1, -0.05) is 41.9 Å². The van der Waals surface area contributed by atoms with Crippen molar-refractivity contribution in [3.63, 3.8) is 0 Å². The summed E-state index contributed by atoms with van der Waals surface area (Å²) in [6.45, 7) is 0. The number of alkyl halides is 1. The Morgan fingerprint density at radius 3 is 2.71 bits per heavy atom. The Kier molecular flexibility index (Phi) is 2.94. The molecule has 0 saturated heterocycles. The van der Waals surface area contributed by atoms with Gasteiger partial charge in [-0.2, -0.15) is 0 Å². The van der Waals surface area contributed by atoms with Crippen molar-refractivity contribution in [2.75, 3.05) is 6.07 Å². The van der Waals surface area contributed by atoms with Crippen molar-refractivity contribution < 1.29 is 4.74 Å². The Morgan fingerprint density at radius 1 is 1.14 bits per heavy atom. The van der Waals surface area contributed by atoms with Crippen molar-refractivity contribution >= 4 is 38.3 Å². The summed E-state index contributed by atoms with van der Waals surface area (Å²) in [6.07, 6.45) is 0. The van der Waals surface area contributed by atoms with Crippen LogP contribution in [0.3, 0.4) is 0 Å². The minimum Gasteiger partial charge on any atom is -0.477 e. The zero-order valence-electron chi connectivity index (χ0n) is 7.34. The summed E-state index contributed by atoms with van der Waals surface area (Å²) in [6, 6.07) is 12.2. The zero-order chi connectivity index (χ0) is 9.97. The maximum absolute atomic E-state index is 5.52. The third kappa shape index (κ3) is 1.72. The normalized spacial score (nSPS) is 10.4. The molecule has 0 saturated carbocycles. The van der Waals surface area contributed by atoms with Crippen molar-refractivity contribution in [3.8, 4) is 5.75 Å². The van der Waals surface area contributed by atoms with Crippen LogP contribution < -0.4 is 4.74 Å². The Morgan fingerprint density at radius 2 is 1.93 bits per heavy atom. The molecule has 0 amide bonds. The van der Waals surface area contributed by atoms with Crippen LogP contribution in [-0.2, 0) is 0 Å². The van der Waals surface area contributed by atoms with Gasteiger partial charge in [-0.15, -0.1) is 0 Å². The molecule has 0 heterocycles. The lowest BCUT2D eigenvalue weighted by Gasteiger charge is -2.07. The van der Waals surface area contributed by atoms with Crippen LogP contribution in [0.4, 0.5) is 0 Å². The van der Waals surface area contributed by atoms with Gasteiger partial charge in [0.2, 0.25) is 0 Å². The maximum Gasteiger partial charge on any atom is 0.162 e. The van der Waals surface area contributed by atoms with Gasteiger partial charge in [0.25, 0.3) is 0 Å². The predicted molar refractivity (Wildman–Crippen MR) is 63.0 cm³/mol. The molecule has 0 spiro atoms. The number of rotatable bonds is 2. The summed E-state index contributed by atoms with van der Waals surface area (Å²) in [5, 5.41) is 2.32. The van der Waals surface area contributed by atoms with Gasteiger partial charge in [0.05, 0.1) is 4.47 Å². The first kappa shape index (κ1) is 9.81. The van der Waals surface area contributed by atoms with E-state index in [2.05, 4.69) is 22.0 Å². The SMILES string of the molecule is ClCOc1ccc2ccccc2c1Br. The molecular weight excluding hydrogens is 263 g/mol. The summed E-state index contributed by atoms with van der Waals surface area (Å²) in [5.74, 6) is 0.777. The van der Waals surface area contributed by atoms with Crippen molar-refractivity contribution in [1.29, 1.82) is 0 Å². The van der Waals surface area contributed by atoms with E-state index in [0.29, 0.717) is 0 Å². The van der Waals surface area contributed by atoms with Gasteiger partial charge in [0.15, 0.2) is 6.07 Å². The highest BCUT2D eigenvalue weighted by molar-refractivity contribution is 9.10. The molecular formula is C11H8BrClO. The Labute approximate surface area is 95.8 Å². The smallest absolute Gasteiger partial charge is 0.162 e. The maximum atomic E-state index is 5.52. The second-order valence-electron chi connectivity index (χ2n) is 2.85. The predicted octanol–water partition coefficient (Wildman–Crippen LogP) is 4.18. The van der Waals surface area contributed by atoms with Crippen LogP contribution in [0.2, 0.25) is 0 Å². The number of fused-ring (bicyclic) bond motifs is 1. The van der Waals surface area contributed by atoms with Gasteiger partial charge in [-0.3, -0.25) is 0 Å². The molecule has 0 bridgehead atoms. The number of hydrogen-bond acceptors (Lipinski definition) is 1. The van der Waals surface area contributed by atoms with Crippen LogP contribution in [0, 0.1) is 0 Å². The minimum absolute atomic E-state index is 0.164. The first-order valence-corrected chi connectivity index (χ1v) is 5.51. The molecule has 2 rings (SSSR count). The second-order valence-corrected chi connectivity index (χ2v) is 3.86. The molecule has 0 fully saturated rings. The van der Waals surface area contributed by atoms with E-state index < -0.39 is 0 Å². The highest BCUT2D eigenvalue weighted by atomic mass is 79.9. The third-order valence-corrected chi connectivity index (χ3v) is 2.96. The number of hydrogen-bond donors (Lipinski definition) is 0. The fourth-order valence-corrected chi connectivity index (χ4v) is 2.11. The highest BCUT2D eigenvalue weighted by Gasteiger charge is 2.04. The lowest BCUT2D eigenvalue weighted by Crippen LogP contribution is -1.90. The van der Waals surface area contributed by atoms with E-state index >= 15 is 0 Å². The summed E-state index contributed by atoms with van der Waals surface area (Å²) >= 11 is 9.02. The van der Waals surface area contributed by atoms with E-state index in [1.165, 1.54) is 5.39 Å². The molecule has 3 heteroatoms. The number of ether oxygens (including phenoxy) is 1. The van der Waals surface area contributed by atoms with Crippen molar-refractivity contribution in [2.24, 2.45) is 0 Å². The van der Waals surface area contributed by atoms with Crippen molar-refractivity contribution in [2.45, 2.75) is 0 Å². The molecule has 0 aliphatic heterocycles. The second kappa shape index (κ2) is 4.20. The summed E-state index contributed by atoms with van der Waals surface area (Å²) in [4.78, 5) is 0. The van der Waals surface area contributed by atoms with E-state index in [1.54, 1.807) is 0 Å². The van der Waals surface area contributed by atoms with Crippen LogP contribution in [0.25, 0.3) is 10.8 Å². The van der Waals surface area contributed by atoms with Crippen LogP contribution in [-0.4, -0.2) is 6.07 Å². The van der Waals surface area contributed by atoms with Gasteiger partial charge in [-0.05, 0) is 32.8 Å². The van der Waals surface area contributed by atoms with Crippen LogP contribution in [0.5, 0.6) is 5.75 Å². The van der Waals surface area contributed by atoms with E-state index in [0.717, 1.165) is 15.6 Å². The Bertz CT molecular complexity index is 456. The lowest BCUT2D eigenvalue weighted by molar-refractivity contribution is 0.386. The standard InChI is InChI=1S/C11H8BrClO/c12-11-9-4-2-1-3-8(9)5-6-10(11)14-7-13/h1-6H,7H2. The molecule has 0 unspecified atom stereocenters. The van der Waals surface area contributed by atoms with Gasteiger partial charge in [0, 0.05) is 0 Å². The topological polar surface area (TPSA) is 9.23 Å². The van der Waals surface area contributed by atoms with E-state index in [1.807, 2.05) is 30.3 Å². The summed E-state index contributed by atoms with van der Waals surface area (Å²) in [7, 11) is 0. The fourth-order valence-electron chi connectivity index (χ4n) is 1.38. The van der Waals surface area contributed by atoms with E-state index in [9.17, 15) is 0 Å². The van der Waals surface area contributed by atoms with E-state index in [4.69, 9.17) is 16.3 Å². The fraction of sp³-hybridized carbons (Fsp3) is 0.0909. The van der Waals surface area contributed by atoms with Crippen LogP contribution in [0.1, 0.15) is 0 Å². The lowest BCUT2D eigenvalue weighted by atomic mass is 10.1. The molecule has 0 aliphatic carbocycles. The quantitative estimate of drug-likeness (QED) is 0.745.